The predicted molar refractivity (Wildman–Crippen MR) is 242 cm³/mol. The summed E-state index contributed by atoms with van der Waals surface area (Å²) in [6, 6.07) is 22.8. The first kappa shape index (κ1) is 37.9. The van der Waals surface area contributed by atoms with Crippen LogP contribution in [0.4, 0.5) is 0 Å². The Bertz CT molecular complexity index is 2710. The Morgan fingerprint density at radius 2 is 0.459 bits per heavy atom. The summed E-state index contributed by atoms with van der Waals surface area (Å²) < 4.78 is 23.9. The molecule has 5 aliphatic rings. The van der Waals surface area contributed by atoms with E-state index in [0.717, 1.165) is 94.1 Å². The van der Waals surface area contributed by atoms with Crippen molar-refractivity contribution in [1.82, 2.24) is 50.7 Å². The van der Waals surface area contributed by atoms with Gasteiger partial charge >= 0.3 is 0 Å². The third kappa shape index (κ3) is 7.53. The summed E-state index contributed by atoms with van der Waals surface area (Å²) in [5.41, 5.74) is 3.07. The van der Waals surface area contributed by atoms with E-state index in [2.05, 4.69) is 168 Å². The minimum absolute atomic E-state index is 0.863. The average Bonchev–Trinajstić information content (AvgIpc) is 4.19. The van der Waals surface area contributed by atoms with E-state index in [4.69, 9.17) is 4.98 Å². The second-order valence-electron chi connectivity index (χ2n) is 17.6. The van der Waals surface area contributed by atoms with Crippen LogP contribution in [0.5, 0.6) is 0 Å². The minimum Gasteiger partial charge on any atom is -0.320 e. The van der Waals surface area contributed by atoms with E-state index < -0.39 is 0 Å². The SMILES string of the molecule is c1cn(-c2nc(-n3ccc(=[N+]4CCCC4)cc3)c(-n3ccc(=[N+]4CCCC4)cc3)c(-n3ccc(=[N+]4CCCC4)cc3)c2-n2ccc(=[N+]3CCCC3)cc2)ccc1=[N+]1CCCC1. The largest absolute Gasteiger partial charge is 0.320 e. The summed E-state index contributed by atoms with van der Waals surface area (Å²) in [7, 11) is 0. The molecule has 0 amide bonds. The number of nitrogens with zero attached hydrogens (tertiary/aromatic N) is 11. The van der Waals surface area contributed by atoms with Crippen LogP contribution in [0.15, 0.2) is 123 Å². The van der Waals surface area contributed by atoms with E-state index >= 15 is 0 Å². The maximum Gasteiger partial charge on any atom is 0.202 e. The lowest BCUT2D eigenvalue weighted by Gasteiger charge is -2.26. The summed E-state index contributed by atoms with van der Waals surface area (Å²) in [6.07, 6.45) is 34.9. The van der Waals surface area contributed by atoms with Gasteiger partial charge in [0.05, 0.1) is 0 Å². The molecule has 0 radical (unpaired) electrons. The first-order valence-corrected chi connectivity index (χ1v) is 23.1. The highest BCUT2D eigenvalue weighted by molar-refractivity contribution is 5.75. The standard InChI is InChI=1S/C50H60N11/c1-2-22-52(21-1)41-11-31-57(32-12-41)46-47(58-33-13-42(14-34-58)53-23-3-4-24-53)49(60-37-17-44(18-38-60)55-27-7-8-28-55)51-50(61-39-19-45(20-40-61)56-29-9-10-30-56)48(46)59-35-15-43(16-36-59)54-25-5-6-26-54/h11-20,31-40H,1-10,21-30H2/q+5. The molecule has 6 aromatic rings. The monoisotopic (exact) mass is 815 g/mol. The van der Waals surface area contributed by atoms with Crippen molar-refractivity contribution in [2.75, 3.05) is 65.4 Å². The van der Waals surface area contributed by atoms with Gasteiger partial charge in [0.1, 0.15) is 82.5 Å². The molecule has 11 rings (SSSR count). The number of aromatic nitrogens is 6. The van der Waals surface area contributed by atoms with Crippen LogP contribution in [0, 0.1) is 0 Å². The molecule has 0 aliphatic carbocycles. The third-order valence-corrected chi connectivity index (χ3v) is 13.8. The molecule has 5 aliphatic heterocycles. The second-order valence-corrected chi connectivity index (χ2v) is 17.6. The first-order chi connectivity index (χ1) is 30.2. The summed E-state index contributed by atoms with van der Waals surface area (Å²) >= 11 is 0. The summed E-state index contributed by atoms with van der Waals surface area (Å²) in [4.78, 5) is 5.80. The van der Waals surface area contributed by atoms with Gasteiger partial charge in [-0.05, 0) is 0 Å². The Morgan fingerprint density at radius 3 is 0.689 bits per heavy atom. The molecule has 6 aromatic heterocycles. The van der Waals surface area contributed by atoms with Crippen LogP contribution in [-0.4, -0.2) is 93.3 Å². The van der Waals surface area contributed by atoms with E-state index in [0.29, 0.717) is 0 Å². The Kier molecular flexibility index (Phi) is 10.4. The molecular formula is C50H60N11+5. The summed E-state index contributed by atoms with van der Waals surface area (Å²) in [5.74, 6) is 1.73. The van der Waals surface area contributed by atoms with Crippen molar-refractivity contribution in [3.05, 3.63) is 149 Å². The lowest BCUT2D eigenvalue weighted by Crippen LogP contribution is -2.29. The van der Waals surface area contributed by atoms with E-state index in [1.165, 1.54) is 91.0 Å². The normalized spacial score (nSPS) is 18.0. The van der Waals surface area contributed by atoms with Gasteiger partial charge in [0.15, 0.2) is 11.6 Å². The molecule has 61 heavy (non-hydrogen) atoms. The summed E-state index contributed by atoms with van der Waals surface area (Å²) in [5, 5.41) is 6.35. The fourth-order valence-electron chi connectivity index (χ4n) is 10.4. The maximum absolute atomic E-state index is 5.80. The first-order valence-electron chi connectivity index (χ1n) is 23.1. The Balaban J connectivity index is 1.23. The molecule has 11 nitrogen and oxygen atoms in total. The van der Waals surface area contributed by atoms with Crippen LogP contribution < -0.4 is 49.7 Å². The molecule has 0 spiro atoms. The van der Waals surface area contributed by atoms with Gasteiger partial charge in [0, 0.05) is 187 Å². The zero-order valence-electron chi connectivity index (χ0n) is 35.6. The lowest BCUT2D eigenvalue weighted by atomic mass is 10.2. The van der Waals surface area contributed by atoms with Crippen molar-refractivity contribution >= 4 is 0 Å². The molecular weight excluding hydrogens is 755 g/mol. The van der Waals surface area contributed by atoms with Gasteiger partial charge in [-0.25, -0.2) is 27.9 Å². The minimum atomic E-state index is 0.863. The van der Waals surface area contributed by atoms with Crippen molar-refractivity contribution < 1.29 is 0 Å². The highest BCUT2D eigenvalue weighted by atomic mass is 15.2. The van der Waals surface area contributed by atoms with Crippen molar-refractivity contribution in [1.29, 1.82) is 0 Å². The van der Waals surface area contributed by atoms with Crippen LogP contribution in [0.3, 0.4) is 0 Å². The highest BCUT2D eigenvalue weighted by Gasteiger charge is 2.27. The van der Waals surface area contributed by atoms with Gasteiger partial charge in [-0.3, -0.25) is 0 Å². The van der Waals surface area contributed by atoms with E-state index in [1.54, 1.807) is 0 Å². The van der Waals surface area contributed by atoms with Crippen LogP contribution in [0.1, 0.15) is 64.2 Å². The van der Waals surface area contributed by atoms with Gasteiger partial charge < -0.3 is 22.8 Å². The van der Waals surface area contributed by atoms with Crippen molar-refractivity contribution in [3.63, 3.8) is 0 Å². The third-order valence-electron chi connectivity index (χ3n) is 13.8. The maximum atomic E-state index is 5.80. The number of hydrogen-bond donors (Lipinski definition) is 0. The van der Waals surface area contributed by atoms with Crippen LogP contribution in [-0.2, 0) is 0 Å². The molecule has 0 atom stereocenters. The van der Waals surface area contributed by atoms with Crippen molar-refractivity contribution in [3.8, 4) is 28.7 Å². The number of hydrogen-bond acceptors (Lipinski definition) is 1. The van der Waals surface area contributed by atoms with E-state index in [1.807, 2.05) is 0 Å². The van der Waals surface area contributed by atoms with E-state index in [9.17, 15) is 0 Å². The molecule has 0 N–H and O–H groups in total. The number of pyridine rings is 6. The van der Waals surface area contributed by atoms with Gasteiger partial charge in [-0.1, -0.05) is 0 Å². The topological polar surface area (TPSA) is 52.6 Å². The fraction of sp³-hybridized carbons (Fsp3) is 0.400. The predicted octanol–water partition coefficient (Wildman–Crippen LogP) is 2.87. The lowest BCUT2D eigenvalue weighted by molar-refractivity contribution is 0.688. The Morgan fingerprint density at radius 1 is 0.262 bits per heavy atom. The fourth-order valence-corrected chi connectivity index (χ4v) is 10.4. The molecule has 5 fully saturated rings. The van der Waals surface area contributed by atoms with Crippen LogP contribution >= 0.6 is 0 Å². The molecule has 0 aromatic carbocycles. The number of rotatable bonds is 5. The zero-order chi connectivity index (χ0) is 40.5. The zero-order valence-corrected chi connectivity index (χ0v) is 35.6. The second kappa shape index (κ2) is 16.7. The quantitative estimate of drug-likeness (QED) is 0.248. The molecule has 310 valence electrons. The van der Waals surface area contributed by atoms with Crippen molar-refractivity contribution in [2.24, 2.45) is 0 Å². The molecule has 11 heteroatoms. The average molecular weight is 815 g/mol. The van der Waals surface area contributed by atoms with Gasteiger partial charge in [0.2, 0.25) is 26.8 Å². The molecule has 11 heterocycles. The summed E-state index contributed by atoms with van der Waals surface area (Å²) in [6.45, 7) is 11.1. The Hall–Kier alpha value is -6.10. The van der Waals surface area contributed by atoms with Crippen LogP contribution in [0.25, 0.3) is 28.7 Å². The van der Waals surface area contributed by atoms with Gasteiger partial charge in [0.25, 0.3) is 0 Å². The Labute approximate surface area is 357 Å². The van der Waals surface area contributed by atoms with E-state index in [-0.39, 0.29) is 0 Å². The smallest absolute Gasteiger partial charge is 0.202 e. The van der Waals surface area contributed by atoms with Crippen LogP contribution in [0.2, 0.25) is 0 Å². The molecule has 0 bridgehead atoms. The van der Waals surface area contributed by atoms with Gasteiger partial charge in [-0.15, -0.1) is 0 Å². The van der Waals surface area contributed by atoms with Crippen molar-refractivity contribution in [2.45, 2.75) is 64.2 Å². The molecule has 0 saturated carbocycles. The van der Waals surface area contributed by atoms with Gasteiger partial charge in [-0.2, -0.15) is 0 Å². The molecule has 5 saturated heterocycles. The molecule has 0 unspecified atom stereocenters. The highest BCUT2D eigenvalue weighted by Crippen LogP contribution is 2.34.